The van der Waals surface area contributed by atoms with Gasteiger partial charge in [0.1, 0.15) is 0 Å². The number of carboxylic acid groups (broad SMARTS) is 1. The average Bonchev–Trinajstić information content (AvgIpc) is 2.59. The number of carbonyl (C=O) groups is 1. The summed E-state index contributed by atoms with van der Waals surface area (Å²) in [6.07, 6.45) is 4.19. The summed E-state index contributed by atoms with van der Waals surface area (Å²) in [5, 5.41) is 13.7. The van der Waals surface area contributed by atoms with Gasteiger partial charge in [0.25, 0.3) is 0 Å². The van der Waals surface area contributed by atoms with E-state index in [4.69, 9.17) is 16.6 Å². The van der Waals surface area contributed by atoms with Gasteiger partial charge in [0.15, 0.2) is 11.5 Å². The van der Waals surface area contributed by atoms with E-state index in [1.54, 1.807) is 0 Å². The van der Waals surface area contributed by atoms with Crippen LogP contribution >= 0.6 is 0 Å². The Morgan fingerprint density at radius 2 is 1.92 bits per heavy atom. The van der Waals surface area contributed by atoms with Gasteiger partial charge in [0.05, 0.1) is 0 Å². The molecular weight excluding hydrogens is 310 g/mol. The van der Waals surface area contributed by atoms with E-state index < -0.39 is 11.5 Å². The molecular formula is C16H21N5O3. The van der Waals surface area contributed by atoms with Crippen LogP contribution in [0.5, 0.6) is 0 Å². The maximum atomic E-state index is 10.6. The van der Waals surface area contributed by atoms with Crippen molar-refractivity contribution < 1.29 is 9.90 Å². The fourth-order valence-electron chi connectivity index (χ4n) is 1.85. The molecule has 2 rings (SSSR count). The predicted octanol–water partition coefficient (Wildman–Crippen LogP) is 1.88. The second kappa shape index (κ2) is 9.19. The topological polar surface area (TPSA) is 144 Å². The Morgan fingerprint density at radius 3 is 2.46 bits per heavy atom. The summed E-state index contributed by atoms with van der Waals surface area (Å²) < 4.78 is 0. The maximum absolute atomic E-state index is 10.6. The van der Waals surface area contributed by atoms with Crippen molar-refractivity contribution in [1.82, 2.24) is 4.98 Å². The third kappa shape index (κ3) is 5.99. The number of aliphatic carboxylic acids is 1. The van der Waals surface area contributed by atoms with Gasteiger partial charge in [-0.15, -0.1) is 4.91 Å². The highest BCUT2D eigenvalue weighted by Gasteiger charge is 2.33. The fourth-order valence-corrected chi connectivity index (χ4v) is 1.85. The van der Waals surface area contributed by atoms with Gasteiger partial charge in [-0.3, -0.25) is 9.98 Å². The van der Waals surface area contributed by atoms with Crippen LogP contribution in [0.3, 0.4) is 0 Å². The van der Waals surface area contributed by atoms with Crippen molar-refractivity contribution in [1.29, 1.82) is 0 Å². The molecule has 0 aliphatic rings. The molecule has 0 aliphatic heterocycles. The highest BCUT2D eigenvalue weighted by molar-refractivity contribution is 5.81. The molecule has 1 aromatic heterocycles. The third-order valence-electron chi connectivity index (χ3n) is 3.33. The van der Waals surface area contributed by atoms with Crippen LogP contribution in [0.15, 0.2) is 52.9 Å². The van der Waals surface area contributed by atoms with E-state index in [1.807, 2.05) is 30.6 Å². The lowest BCUT2D eigenvalue weighted by atomic mass is 9.97. The van der Waals surface area contributed by atoms with Crippen LogP contribution in [0.2, 0.25) is 0 Å². The first-order chi connectivity index (χ1) is 11.4. The van der Waals surface area contributed by atoms with Crippen LogP contribution in [0.1, 0.15) is 19.8 Å². The van der Waals surface area contributed by atoms with Gasteiger partial charge in [0.2, 0.25) is 0 Å². The first kappa shape index (κ1) is 19.0. The van der Waals surface area contributed by atoms with E-state index >= 15 is 0 Å². The first-order valence-corrected chi connectivity index (χ1v) is 7.31. The van der Waals surface area contributed by atoms with Gasteiger partial charge < -0.3 is 16.6 Å². The number of nitrogens with two attached hydrogens (primary N) is 2. The van der Waals surface area contributed by atoms with E-state index in [0.717, 1.165) is 0 Å². The van der Waals surface area contributed by atoms with Crippen molar-refractivity contribution in [3.8, 4) is 0 Å². The zero-order chi connectivity index (χ0) is 18.0. The molecule has 0 saturated heterocycles. The largest absolute Gasteiger partial charge is 0.479 e. The molecule has 0 fully saturated rings. The number of carboxylic acids is 1. The van der Waals surface area contributed by atoms with Gasteiger partial charge in [0, 0.05) is 18.9 Å². The summed E-state index contributed by atoms with van der Waals surface area (Å²) in [5.41, 5.74) is 8.54. The Morgan fingerprint density at radius 1 is 1.25 bits per heavy atom. The van der Waals surface area contributed by atoms with Crippen molar-refractivity contribution >= 4 is 22.7 Å². The van der Waals surface area contributed by atoms with E-state index in [1.165, 1.54) is 17.7 Å². The number of nitroso groups, excluding NO2 is 1. The molecule has 5 N–H and O–H groups in total. The summed E-state index contributed by atoms with van der Waals surface area (Å²) in [7, 11) is 0. The molecule has 8 nitrogen and oxygen atoms in total. The van der Waals surface area contributed by atoms with Crippen molar-refractivity contribution in [3.63, 3.8) is 0 Å². The molecule has 1 atom stereocenters. The predicted molar refractivity (Wildman–Crippen MR) is 93.5 cm³/mol. The molecule has 128 valence electrons. The van der Waals surface area contributed by atoms with E-state index in [-0.39, 0.29) is 12.4 Å². The third-order valence-corrected chi connectivity index (χ3v) is 3.33. The number of hydrogen-bond donors (Lipinski definition) is 3. The second-order valence-electron chi connectivity index (χ2n) is 5.30. The molecule has 24 heavy (non-hydrogen) atoms. The van der Waals surface area contributed by atoms with E-state index in [9.17, 15) is 9.70 Å². The first-order valence-electron chi connectivity index (χ1n) is 7.31. The van der Waals surface area contributed by atoms with Gasteiger partial charge in [-0.05, 0) is 36.6 Å². The molecule has 0 spiro atoms. The summed E-state index contributed by atoms with van der Waals surface area (Å²) in [6.45, 7) is 1.55. The average molecular weight is 331 g/mol. The summed E-state index contributed by atoms with van der Waals surface area (Å²) in [4.78, 5) is 28.6. The Balaban J connectivity index is 0.000000250. The number of rotatable bonds is 6. The molecule has 1 heterocycles. The standard InChI is InChI=1S/C9H7N.C7H14N4O3/c1-2-4-9-7-10-6-5-8(9)3-1;1-7(11-14,5(12)13)3-2-4-10-6(8)9/h1-7H;2-4H2,1H3,(H,12,13)(H4,8,9,10)/t;7-/m.0/s1. The zero-order valence-electron chi connectivity index (χ0n) is 13.4. The van der Waals surface area contributed by atoms with E-state index in [0.29, 0.717) is 13.0 Å². The molecule has 0 saturated carbocycles. The van der Waals surface area contributed by atoms with Crippen LogP contribution in [0.4, 0.5) is 0 Å². The normalized spacial score (nSPS) is 12.4. The lowest BCUT2D eigenvalue weighted by molar-refractivity contribution is -0.142. The number of fused-ring (bicyclic) bond motifs is 1. The number of nitrogens with zero attached hydrogens (tertiary/aromatic N) is 3. The van der Waals surface area contributed by atoms with Gasteiger partial charge >= 0.3 is 5.97 Å². The maximum Gasteiger partial charge on any atom is 0.334 e. The summed E-state index contributed by atoms with van der Waals surface area (Å²) in [5.74, 6) is -1.29. The minimum absolute atomic E-state index is 0.0545. The SMILES string of the molecule is C[C@@](CCCN=C(N)N)(N=O)C(=O)O.c1ccc2cnccc2c1. The van der Waals surface area contributed by atoms with E-state index in [2.05, 4.69) is 27.3 Å². The minimum atomic E-state index is -1.58. The number of aromatic nitrogens is 1. The number of aliphatic imine (C=N–C) groups is 1. The molecule has 0 aliphatic carbocycles. The Hall–Kier alpha value is -3.03. The van der Waals surface area contributed by atoms with Crippen molar-refractivity contribution in [3.05, 3.63) is 47.6 Å². The lowest BCUT2D eigenvalue weighted by Gasteiger charge is -2.14. The molecule has 0 unspecified atom stereocenters. The number of benzene rings is 1. The molecule has 0 radical (unpaired) electrons. The van der Waals surface area contributed by atoms with Crippen molar-refractivity contribution in [2.75, 3.05) is 6.54 Å². The molecule has 1 aromatic carbocycles. The lowest BCUT2D eigenvalue weighted by Crippen LogP contribution is -2.32. The molecule has 0 bridgehead atoms. The monoisotopic (exact) mass is 331 g/mol. The zero-order valence-corrected chi connectivity index (χ0v) is 13.4. The van der Waals surface area contributed by atoms with Crippen LogP contribution in [0.25, 0.3) is 10.8 Å². The molecule has 8 heteroatoms. The quantitative estimate of drug-likeness (QED) is 0.319. The highest BCUT2D eigenvalue weighted by Crippen LogP contribution is 2.17. The Bertz CT molecular complexity index is 650. The van der Waals surface area contributed by atoms with Gasteiger partial charge in [-0.1, -0.05) is 29.4 Å². The number of guanidine groups is 1. The van der Waals surface area contributed by atoms with Crippen molar-refractivity contribution in [2.24, 2.45) is 21.6 Å². The van der Waals surface area contributed by atoms with Crippen LogP contribution in [0, 0.1) is 4.91 Å². The second-order valence-corrected chi connectivity index (χ2v) is 5.30. The minimum Gasteiger partial charge on any atom is -0.479 e. The fraction of sp³-hybridized carbons (Fsp3) is 0.312. The summed E-state index contributed by atoms with van der Waals surface area (Å²) >= 11 is 0. The van der Waals surface area contributed by atoms with Gasteiger partial charge in [-0.25, -0.2) is 4.79 Å². The molecule has 2 aromatic rings. The Kier molecular flexibility index (Phi) is 7.28. The molecule has 0 amide bonds. The number of pyridine rings is 1. The van der Waals surface area contributed by atoms with Crippen LogP contribution in [-0.2, 0) is 4.79 Å². The highest BCUT2D eigenvalue weighted by atomic mass is 16.4. The van der Waals surface area contributed by atoms with Crippen LogP contribution in [-0.4, -0.2) is 34.1 Å². The van der Waals surface area contributed by atoms with Crippen LogP contribution < -0.4 is 11.5 Å². The van der Waals surface area contributed by atoms with Gasteiger partial charge in [-0.2, -0.15) is 0 Å². The van der Waals surface area contributed by atoms with Crippen molar-refractivity contribution in [2.45, 2.75) is 25.3 Å². The Labute approximate surface area is 139 Å². The summed E-state index contributed by atoms with van der Waals surface area (Å²) in [6, 6.07) is 10.2. The smallest absolute Gasteiger partial charge is 0.334 e. The number of hydrogen-bond acceptors (Lipinski definition) is 5.